The summed E-state index contributed by atoms with van der Waals surface area (Å²) in [7, 11) is 1.35. The minimum absolute atomic E-state index is 0.0340. The summed E-state index contributed by atoms with van der Waals surface area (Å²) in [5, 5.41) is 6.07. The summed E-state index contributed by atoms with van der Waals surface area (Å²) < 4.78 is 35.2. The van der Waals surface area contributed by atoms with E-state index >= 15 is 0 Å². The molecule has 1 aliphatic heterocycles. The Morgan fingerprint density at radius 3 is 2.76 bits per heavy atom. The molecule has 0 bridgehead atoms. The summed E-state index contributed by atoms with van der Waals surface area (Å²) in [5.74, 6) is -1.70. The smallest absolute Gasteiger partial charge is 0.273 e. The number of ether oxygens (including phenoxy) is 1. The van der Waals surface area contributed by atoms with Crippen LogP contribution in [-0.4, -0.2) is 41.7 Å². The quantitative estimate of drug-likeness (QED) is 0.537. The van der Waals surface area contributed by atoms with Gasteiger partial charge < -0.3 is 15.4 Å². The van der Waals surface area contributed by atoms with Crippen molar-refractivity contribution in [2.45, 2.75) is 18.9 Å². The number of hydrogen-bond acceptors (Lipinski definition) is 4. The number of carbonyl (C=O) groups is 1. The first-order valence-electron chi connectivity index (χ1n) is 10.2. The van der Waals surface area contributed by atoms with Crippen molar-refractivity contribution in [2.75, 3.05) is 20.2 Å². The zero-order valence-corrected chi connectivity index (χ0v) is 18.4. The van der Waals surface area contributed by atoms with Crippen LogP contribution in [0, 0.1) is 18.2 Å². The third kappa shape index (κ3) is 4.53. The predicted molar refractivity (Wildman–Crippen MR) is 120 cm³/mol. The molecule has 1 fully saturated rings. The van der Waals surface area contributed by atoms with Crippen molar-refractivity contribution in [3.05, 3.63) is 70.3 Å². The van der Waals surface area contributed by atoms with Crippen LogP contribution in [0.5, 0.6) is 5.75 Å². The maximum absolute atomic E-state index is 14.5. The highest BCUT2D eigenvalue weighted by molar-refractivity contribution is 6.33. The number of carbonyl (C=O) groups excluding carboxylic acids is 1. The van der Waals surface area contributed by atoms with Crippen LogP contribution in [0.25, 0.3) is 21.9 Å². The third-order valence-corrected chi connectivity index (χ3v) is 5.74. The molecule has 3 aromatic rings. The summed E-state index contributed by atoms with van der Waals surface area (Å²) in [4.78, 5) is 20.5. The van der Waals surface area contributed by atoms with E-state index < -0.39 is 17.5 Å². The largest absolute Gasteiger partial charge is 0.494 e. The Bertz CT molecular complexity index is 1250. The van der Waals surface area contributed by atoms with Gasteiger partial charge in [0, 0.05) is 24.2 Å². The van der Waals surface area contributed by atoms with Crippen LogP contribution in [0.15, 0.2) is 36.4 Å². The average molecular weight is 472 g/mol. The van der Waals surface area contributed by atoms with Crippen molar-refractivity contribution in [3.63, 3.8) is 0 Å². The topological polar surface area (TPSA) is 72.5 Å². The molecule has 1 saturated heterocycles. The monoisotopic (exact) mass is 471 g/mol. The fourth-order valence-electron chi connectivity index (χ4n) is 3.73. The van der Waals surface area contributed by atoms with Crippen LogP contribution in [0.1, 0.15) is 23.3 Å². The lowest BCUT2D eigenvalue weighted by molar-refractivity contribution is 0.0926. The van der Waals surface area contributed by atoms with Crippen molar-refractivity contribution in [1.29, 1.82) is 0 Å². The second-order valence-corrected chi connectivity index (χ2v) is 7.88. The van der Waals surface area contributed by atoms with Gasteiger partial charge in [-0.1, -0.05) is 23.7 Å². The van der Waals surface area contributed by atoms with Gasteiger partial charge in [-0.05, 0) is 37.6 Å². The van der Waals surface area contributed by atoms with Gasteiger partial charge in [-0.15, -0.1) is 0 Å². The first-order valence-corrected chi connectivity index (χ1v) is 10.6. The third-order valence-electron chi connectivity index (χ3n) is 5.39. The van der Waals surface area contributed by atoms with Gasteiger partial charge >= 0.3 is 0 Å². The Kier molecular flexibility index (Phi) is 6.58. The van der Waals surface area contributed by atoms with Gasteiger partial charge in [0.2, 0.25) is 5.69 Å². The van der Waals surface area contributed by atoms with Gasteiger partial charge in [0.05, 0.1) is 19.4 Å². The number of rotatable bonds is 5. The zero-order chi connectivity index (χ0) is 23.5. The number of amides is 1. The molecule has 1 atom stereocenters. The van der Waals surface area contributed by atoms with E-state index in [0.717, 1.165) is 25.5 Å². The molecule has 10 heteroatoms. The van der Waals surface area contributed by atoms with Crippen molar-refractivity contribution >= 4 is 23.2 Å². The van der Waals surface area contributed by atoms with Crippen LogP contribution in [0.2, 0.25) is 5.15 Å². The van der Waals surface area contributed by atoms with Crippen LogP contribution < -0.4 is 15.4 Å². The number of aromatic nitrogens is 2. The van der Waals surface area contributed by atoms with E-state index in [1.165, 1.54) is 35.9 Å². The number of methoxy groups -OCH3 is 1. The SMILES string of the molecule is [C-]#[N+]c1ccc(-c2nc(C(=O)N[C@@H]3CCCNC3)c(Cl)n2-c2ccc(OC)c(F)c2)cc1F. The van der Waals surface area contributed by atoms with Gasteiger partial charge in [-0.25, -0.2) is 18.6 Å². The maximum atomic E-state index is 14.5. The highest BCUT2D eigenvalue weighted by Gasteiger charge is 2.26. The lowest BCUT2D eigenvalue weighted by Gasteiger charge is -2.23. The predicted octanol–water partition coefficient (Wildman–Crippen LogP) is 4.51. The van der Waals surface area contributed by atoms with E-state index in [9.17, 15) is 13.6 Å². The molecule has 1 aliphatic rings. The van der Waals surface area contributed by atoms with Gasteiger partial charge in [-0.3, -0.25) is 9.36 Å². The Morgan fingerprint density at radius 1 is 1.30 bits per heavy atom. The van der Waals surface area contributed by atoms with Crippen LogP contribution in [0.4, 0.5) is 14.5 Å². The lowest BCUT2D eigenvalue weighted by atomic mass is 10.1. The van der Waals surface area contributed by atoms with Crippen molar-refractivity contribution in [2.24, 2.45) is 0 Å². The van der Waals surface area contributed by atoms with Crippen molar-refractivity contribution < 1.29 is 18.3 Å². The van der Waals surface area contributed by atoms with Crippen LogP contribution in [0.3, 0.4) is 0 Å². The molecular weight excluding hydrogens is 452 g/mol. The van der Waals surface area contributed by atoms with Gasteiger partial charge in [0.1, 0.15) is 16.8 Å². The molecule has 0 spiro atoms. The second kappa shape index (κ2) is 9.57. The Balaban J connectivity index is 1.82. The fourth-order valence-corrected chi connectivity index (χ4v) is 4.04. The Morgan fingerprint density at radius 2 is 2.12 bits per heavy atom. The molecule has 0 unspecified atom stereocenters. The molecule has 1 aromatic heterocycles. The highest BCUT2D eigenvalue weighted by atomic mass is 35.5. The summed E-state index contributed by atoms with van der Waals surface area (Å²) in [6.07, 6.45) is 1.74. The maximum Gasteiger partial charge on any atom is 0.273 e. The van der Waals surface area contributed by atoms with E-state index in [2.05, 4.69) is 20.5 Å². The normalized spacial score (nSPS) is 15.7. The molecule has 2 heterocycles. The second-order valence-electron chi connectivity index (χ2n) is 7.52. The summed E-state index contributed by atoms with van der Waals surface area (Å²) in [6.45, 7) is 8.57. The summed E-state index contributed by atoms with van der Waals surface area (Å²) in [6, 6.07) is 8.02. The van der Waals surface area contributed by atoms with Gasteiger partial charge in [0.25, 0.3) is 5.91 Å². The molecule has 7 nitrogen and oxygen atoms in total. The minimum Gasteiger partial charge on any atom is -0.494 e. The molecule has 2 aromatic carbocycles. The highest BCUT2D eigenvalue weighted by Crippen LogP contribution is 2.33. The first-order chi connectivity index (χ1) is 15.9. The van der Waals surface area contributed by atoms with E-state index in [0.29, 0.717) is 6.54 Å². The number of halogens is 3. The van der Waals surface area contributed by atoms with E-state index in [4.69, 9.17) is 22.9 Å². The molecular formula is C23H20ClF2N5O2. The molecule has 170 valence electrons. The standard InChI is InChI=1S/C23H20ClF2N5O2/c1-27-18-7-5-13(10-16(18)25)22-30-20(23(32)29-14-4-3-9-28-12-14)21(24)31(22)15-6-8-19(33-2)17(26)11-15/h5-8,10-11,14,28H,3-4,9,12H2,2H3,(H,29,32)/t14-/m1/s1. The van der Waals surface area contributed by atoms with Gasteiger partial charge in [-0.2, -0.15) is 0 Å². The number of hydrogen-bond donors (Lipinski definition) is 2. The molecule has 4 rings (SSSR count). The number of piperidine rings is 1. The Labute approximate surface area is 194 Å². The lowest BCUT2D eigenvalue weighted by Crippen LogP contribution is -2.45. The molecule has 33 heavy (non-hydrogen) atoms. The van der Waals surface area contributed by atoms with E-state index in [1.54, 1.807) is 6.07 Å². The number of benzene rings is 2. The first kappa shape index (κ1) is 22.7. The molecule has 1 amide bonds. The van der Waals surface area contributed by atoms with E-state index in [-0.39, 0.29) is 45.4 Å². The van der Waals surface area contributed by atoms with Crippen LogP contribution >= 0.6 is 11.6 Å². The summed E-state index contributed by atoms with van der Waals surface area (Å²) in [5.41, 5.74) is 0.328. The van der Waals surface area contributed by atoms with Crippen molar-refractivity contribution in [1.82, 2.24) is 20.2 Å². The zero-order valence-electron chi connectivity index (χ0n) is 17.7. The molecule has 2 N–H and O–H groups in total. The van der Waals surface area contributed by atoms with Crippen molar-refractivity contribution in [3.8, 4) is 22.8 Å². The number of imidazole rings is 1. The summed E-state index contributed by atoms with van der Waals surface area (Å²) >= 11 is 6.58. The van der Waals surface area contributed by atoms with Crippen LogP contribution in [-0.2, 0) is 0 Å². The molecule has 0 saturated carbocycles. The molecule has 0 radical (unpaired) electrons. The minimum atomic E-state index is -0.742. The number of nitrogens with one attached hydrogen (secondary N) is 2. The fraction of sp³-hybridized carbons (Fsp3) is 0.261. The number of nitrogens with zero attached hydrogens (tertiary/aromatic N) is 3. The van der Waals surface area contributed by atoms with E-state index in [1.807, 2.05) is 0 Å². The molecule has 0 aliphatic carbocycles. The van der Waals surface area contributed by atoms with Gasteiger partial charge in [0.15, 0.2) is 17.3 Å². The Hall–Kier alpha value is -3.48. The average Bonchev–Trinajstić information content (AvgIpc) is 3.16.